The van der Waals surface area contributed by atoms with E-state index < -0.39 is 0 Å². The van der Waals surface area contributed by atoms with Gasteiger partial charge in [-0.1, -0.05) is 13.8 Å². The molecule has 0 fully saturated rings. The van der Waals surface area contributed by atoms with Crippen LogP contribution in [0, 0.1) is 0 Å². The maximum atomic E-state index is 5.84. The first kappa shape index (κ1) is 10.1. The van der Waals surface area contributed by atoms with Gasteiger partial charge in [0.2, 0.25) is 0 Å². The summed E-state index contributed by atoms with van der Waals surface area (Å²) in [5.74, 6) is 0. The molecule has 0 bridgehead atoms. The zero-order valence-electron chi connectivity index (χ0n) is 8.33. The van der Waals surface area contributed by atoms with Gasteiger partial charge in [-0.2, -0.15) is 0 Å². The van der Waals surface area contributed by atoms with E-state index in [1.54, 1.807) is 6.33 Å². The SMILES string of the molecule is CCc1cc(CC(N)CC)ncn1. The Morgan fingerprint density at radius 1 is 1.31 bits per heavy atom. The maximum Gasteiger partial charge on any atom is 0.115 e. The second-order valence-corrected chi connectivity index (χ2v) is 3.23. The van der Waals surface area contributed by atoms with Crippen LogP contribution in [0.2, 0.25) is 0 Å². The van der Waals surface area contributed by atoms with Gasteiger partial charge in [-0.15, -0.1) is 0 Å². The molecule has 0 aromatic carbocycles. The van der Waals surface area contributed by atoms with Crippen molar-refractivity contribution in [1.29, 1.82) is 0 Å². The van der Waals surface area contributed by atoms with Crippen molar-refractivity contribution in [2.45, 2.75) is 39.2 Å². The standard InChI is InChI=1S/C10H17N3/c1-3-8(11)5-10-6-9(4-2)12-7-13-10/h6-8H,3-5,11H2,1-2H3. The third-order valence-electron chi connectivity index (χ3n) is 2.14. The molecule has 1 rings (SSSR count). The number of aryl methyl sites for hydroxylation is 1. The van der Waals surface area contributed by atoms with Crippen LogP contribution in [0.25, 0.3) is 0 Å². The second-order valence-electron chi connectivity index (χ2n) is 3.23. The first-order chi connectivity index (χ1) is 6.26. The topological polar surface area (TPSA) is 51.8 Å². The Bertz CT molecular complexity index is 260. The highest BCUT2D eigenvalue weighted by Crippen LogP contribution is 2.03. The number of aromatic nitrogens is 2. The Morgan fingerprint density at radius 2 is 2.00 bits per heavy atom. The molecule has 3 nitrogen and oxygen atoms in total. The molecule has 0 saturated heterocycles. The lowest BCUT2D eigenvalue weighted by Gasteiger charge is -2.07. The summed E-state index contributed by atoms with van der Waals surface area (Å²) >= 11 is 0. The molecule has 0 radical (unpaired) electrons. The molecule has 1 atom stereocenters. The van der Waals surface area contributed by atoms with Gasteiger partial charge in [-0.25, -0.2) is 9.97 Å². The lowest BCUT2D eigenvalue weighted by Crippen LogP contribution is -2.22. The molecule has 13 heavy (non-hydrogen) atoms. The average Bonchev–Trinajstić information content (AvgIpc) is 2.18. The van der Waals surface area contributed by atoms with Crippen molar-refractivity contribution < 1.29 is 0 Å². The van der Waals surface area contributed by atoms with Crippen molar-refractivity contribution in [3.05, 3.63) is 23.8 Å². The van der Waals surface area contributed by atoms with E-state index in [0.29, 0.717) is 0 Å². The number of nitrogens with two attached hydrogens (primary N) is 1. The molecule has 0 amide bonds. The smallest absolute Gasteiger partial charge is 0.115 e. The third kappa shape index (κ3) is 3.11. The average molecular weight is 179 g/mol. The van der Waals surface area contributed by atoms with Gasteiger partial charge in [0, 0.05) is 23.9 Å². The van der Waals surface area contributed by atoms with E-state index in [2.05, 4.69) is 23.8 Å². The zero-order chi connectivity index (χ0) is 9.68. The molecule has 1 unspecified atom stereocenters. The summed E-state index contributed by atoms with van der Waals surface area (Å²) in [5, 5.41) is 0. The highest BCUT2D eigenvalue weighted by atomic mass is 14.8. The van der Waals surface area contributed by atoms with Crippen molar-refractivity contribution in [3.8, 4) is 0 Å². The Balaban J connectivity index is 2.66. The first-order valence-electron chi connectivity index (χ1n) is 4.81. The predicted octanol–water partition coefficient (Wildman–Crippen LogP) is 1.32. The molecule has 0 aliphatic rings. The van der Waals surface area contributed by atoms with Crippen LogP contribution in [0.4, 0.5) is 0 Å². The van der Waals surface area contributed by atoms with Crippen molar-refractivity contribution in [2.24, 2.45) is 5.73 Å². The van der Waals surface area contributed by atoms with Crippen LogP contribution in [0.3, 0.4) is 0 Å². The minimum atomic E-state index is 0.222. The van der Waals surface area contributed by atoms with E-state index in [1.807, 2.05) is 6.07 Å². The molecule has 72 valence electrons. The Morgan fingerprint density at radius 3 is 2.62 bits per heavy atom. The Labute approximate surface area is 79.4 Å². The molecule has 2 N–H and O–H groups in total. The molecular formula is C10H17N3. The summed E-state index contributed by atoms with van der Waals surface area (Å²) in [4.78, 5) is 8.32. The van der Waals surface area contributed by atoms with Crippen LogP contribution in [0.15, 0.2) is 12.4 Å². The van der Waals surface area contributed by atoms with E-state index in [-0.39, 0.29) is 6.04 Å². The van der Waals surface area contributed by atoms with E-state index in [1.165, 1.54) is 0 Å². The fraction of sp³-hybridized carbons (Fsp3) is 0.600. The molecule has 0 aliphatic heterocycles. The minimum Gasteiger partial charge on any atom is -0.327 e. The normalized spacial score (nSPS) is 12.8. The monoisotopic (exact) mass is 179 g/mol. The van der Waals surface area contributed by atoms with E-state index in [0.717, 1.165) is 30.7 Å². The van der Waals surface area contributed by atoms with E-state index >= 15 is 0 Å². The van der Waals surface area contributed by atoms with Crippen LogP contribution >= 0.6 is 0 Å². The number of hydrogen-bond acceptors (Lipinski definition) is 3. The summed E-state index contributed by atoms with van der Waals surface area (Å²) in [6.45, 7) is 4.18. The third-order valence-corrected chi connectivity index (χ3v) is 2.14. The second kappa shape index (κ2) is 4.92. The van der Waals surface area contributed by atoms with Gasteiger partial charge in [0.05, 0.1) is 0 Å². The molecule has 1 aromatic rings. The molecular weight excluding hydrogens is 162 g/mol. The molecule has 0 aliphatic carbocycles. The van der Waals surface area contributed by atoms with Crippen LogP contribution in [0.5, 0.6) is 0 Å². The highest BCUT2D eigenvalue weighted by Gasteiger charge is 2.03. The quantitative estimate of drug-likeness (QED) is 0.758. The predicted molar refractivity (Wildman–Crippen MR) is 53.4 cm³/mol. The number of nitrogens with zero attached hydrogens (tertiary/aromatic N) is 2. The summed E-state index contributed by atoms with van der Waals surface area (Å²) in [7, 11) is 0. The minimum absolute atomic E-state index is 0.222. The maximum absolute atomic E-state index is 5.84. The highest BCUT2D eigenvalue weighted by molar-refractivity contribution is 5.09. The van der Waals surface area contributed by atoms with Gasteiger partial charge in [-0.05, 0) is 18.9 Å². The first-order valence-corrected chi connectivity index (χ1v) is 4.81. The van der Waals surface area contributed by atoms with Crippen LogP contribution in [0.1, 0.15) is 31.7 Å². The molecule has 1 heterocycles. The van der Waals surface area contributed by atoms with Gasteiger partial charge in [0.1, 0.15) is 6.33 Å². The molecule has 0 saturated carbocycles. The fourth-order valence-corrected chi connectivity index (χ4v) is 1.16. The zero-order valence-corrected chi connectivity index (χ0v) is 8.33. The summed E-state index contributed by atoms with van der Waals surface area (Å²) < 4.78 is 0. The molecule has 1 aromatic heterocycles. The summed E-state index contributed by atoms with van der Waals surface area (Å²) in [6.07, 6.45) is 4.42. The van der Waals surface area contributed by atoms with Gasteiger partial charge in [-0.3, -0.25) is 0 Å². The molecule has 3 heteroatoms. The van der Waals surface area contributed by atoms with Crippen molar-refractivity contribution in [1.82, 2.24) is 9.97 Å². The van der Waals surface area contributed by atoms with E-state index in [4.69, 9.17) is 5.73 Å². The van der Waals surface area contributed by atoms with Crippen molar-refractivity contribution in [3.63, 3.8) is 0 Å². The Kier molecular flexibility index (Phi) is 3.83. The lowest BCUT2D eigenvalue weighted by atomic mass is 10.1. The lowest BCUT2D eigenvalue weighted by molar-refractivity contribution is 0.634. The van der Waals surface area contributed by atoms with Gasteiger partial charge < -0.3 is 5.73 Å². The molecule has 0 spiro atoms. The largest absolute Gasteiger partial charge is 0.327 e. The van der Waals surface area contributed by atoms with Gasteiger partial charge >= 0.3 is 0 Å². The van der Waals surface area contributed by atoms with Crippen LogP contribution in [-0.4, -0.2) is 16.0 Å². The van der Waals surface area contributed by atoms with Gasteiger partial charge in [0.25, 0.3) is 0 Å². The number of hydrogen-bond donors (Lipinski definition) is 1. The van der Waals surface area contributed by atoms with Crippen molar-refractivity contribution in [2.75, 3.05) is 0 Å². The van der Waals surface area contributed by atoms with Crippen LogP contribution < -0.4 is 5.73 Å². The van der Waals surface area contributed by atoms with Gasteiger partial charge in [0.15, 0.2) is 0 Å². The fourth-order valence-electron chi connectivity index (χ4n) is 1.16. The Hall–Kier alpha value is -0.960. The number of rotatable bonds is 4. The van der Waals surface area contributed by atoms with E-state index in [9.17, 15) is 0 Å². The summed E-state index contributed by atoms with van der Waals surface area (Å²) in [5.41, 5.74) is 7.98. The summed E-state index contributed by atoms with van der Waals surface area (Å²) in [6, 6.07) is 2.26. The van der Waals surface area contributed by atoms with Crippen molar-refractivity contribution >= 4 is 0 Å². The van der Waals surface area contributed by atoms with Crippen LogP contribution in [-0.2, 0) is 12.8 Å².